The van der Waals surface area contributed by atoms with Crippen LogP contribution in [-0.4, -0.2) is 59.3 Å². The summed E-state index contributed by atoms with van der Waals surface area (Å²) in [5.41, 5.74) is 1.64. The Bertz CT molecular complexity index is 1380. The highest BCUT2D eigenvalue weighted by Crippen LogP contribution is 2.29. The normalized spacial score (nSPS) is 11.4. The van der Waals surface area contributed by atoms with Crippen molar-refractivity contribution in [3.8, 4) is 17.2 Å². The van der Waals surface area contributed by atoms with Crippen molar-refractivity contribution in [2.24, 2.45) is 0 Å². The van der Waals surface area contributed by atoms with Crippen LogP contribution in [0.3, 0.4) is 0 Å². The zero-order valence-electron chi connectivity index (χ0n) is 20.9. The number of nitrogens with zero attached hydrogens (tertiary/aromatic N) is 1. The molecule has 0 atom stereocenters. The van der Waals surface area contributed by atoms with E-state index in [0.717, 1.165) is 4.31 Å². The van der Waals surface area contributed by atoms with Crippen molar-refractivity contribution in [2.45, 2.75) is 4.90 Å². The highest BCUT2D eigenvalue weighted by molar-refractivity contribution is 7.89. The average Bonchev–Trinajstić information content (AvgIpc) is 2.91. The minimum Gasteiger partial charge on any atom is -0.497 e. The third-order valence-electron chi connectivity index (χ3n) is 5.26. The molecule has 0 radical (unpaired) electrons. The van der Waals surface area contributed by atoms with Gasteiger partial charge < -0.3 is 19.5 Å². The van der Waals surface area contributed by atoms with Crippen LogP contribution in [0.5, 0.6) is 17.2 Å². The molecule has 3 aromatic carbocycles. The first-order valence-electron chi connectivity index (χ1n) is 11.1. The summed E-state index contributed by atoms with van der Waals surface area (Å²) in [6, 6.07) is 17.7. The molecular formula is C27H28N2O7S. The number of carbonyl (C=O) groups is 2. The number of allylic oxidation sites excluding steroid dienone is 1. The van der Waals surface area contributed by atoms with Gasteiger partial charge in [0.2, 0.25) is 10.0 Å². The molecule has 9 nitrogen and oxygen atoms in total. The third kappa shape index (κ3) is 7.18. The summed E-state index contributed by atoms with van der Waals surface area (Å²) < 4.78 is 41.5. The Morgan fingerprint density at radius 1 is 0.892 bits per heavy atom. The fourth-order valence-corrected chi connectivity index (χ4v) is 4.09. The van der Waals surface area contributed by atoms with Gasteiger partial charge in [-0.25, -0.2) is 12.7 Å². The highest BCUT2D eigenvalue weighted by atomic mass is 32.2. The molecule has 0 unspecified atom stereocenters. The molecule has 0 heterocycles. The first kappa shape index (κ1) is 27.4. The van der Waals surface area contributed by atoms with Crippen molar-refractivity contribution < 1.29 is 32.2 Å². The molecule has 0 spiro atoms. The lowest BCUT2D eigenvalue weighted by Gasteiger charge is -2.12. The summed E-state index contributed by atoms with van der Waals surface area (Å²) in [6.45, 7) is -0.227. The summed E-state index contributed by atoms with van der Waals surface area (Å²) in [4.78, 5) is 24.9. The quantitative estimate of drug-likeness (QED) is 0.299. The van der Waals surface area contributed by atoms with Gasteiger partial charge in [0.25, 0.3) is 5.91 Å². The molecule has 194 valence electrons. The highest BCUT2D eigenvalue weighted by Gasteiger charge is 2.17. The number of rotatable bonds is 11. The maximum Gasteiger partial charge on any atom is 0.262 e. The maximum absolute atomic E-state index is 12.5. The van der Waals surface area contributed by atoms with Crippen LogP contribution in [-0.2, 0) is 14.8 Å². The SMILES string of the molecule is COc1ccc(NC(=O)COc2ccc(C=CC(=O)c3ccc(S(=O)(=O)N(C)C)cc3)cc2OC)cc1. The van der Waals surface area contributed by atoms with Crippen molar-refractivity contribution >= 4 is 33.5 Å². The molecule has 0 aliphatic rings. The van der Waals surface area contributed by atoms with Gasteiger partial charge in [0.15, 0.2) is 23.9 Å². The summed E-state index contributed by atoms with van der Waals surface area (Å²) in [6.07, 6.45) is 2.99. The molecule has 3 rings (SSSR count). The van der Waals surface area contributed by atoms with Gasteiger partial charge in [-0.1, -0.05) is 12.1 Å². The van der Waals surface area contributed by atoms with Gasteiger partial charge in [-0.15, -0.1) is 0 Å². The van der Waals surface area contributed by atoms with Crippen LogP contribution >= 0.6 is 0 Å². The number of hydrogen-bond acceptors (Lipinski definition) is 7. The molecule has 0 aliphatic heterocycles. The number of sulfonamides is 1. The molecule has 0 aliphatic carbocycles. The lowest BCUT2D eigenvalue weighted by molar-refractivity contribution is -0.118. The van der Waals surface area contributed by atoms with Crippen LogP contribution in [0.2, 0.25) is 0 Å². The second kappa shape index (κ2) is 12.2. The molecular weight excluding hydrogens is 496 g/mol. The number of carbonyl (C=O) groups excluding carboxylic acids is 2. The molecule has 0 fully saturated rings. The molecule has 1 N–H and O–H groups in total. The third-order valence-corrected chi connectivity index (χ3v) is 7.09. The van der Waals surface area contributed by atoms with Crippen LogP contribution < -0.4 is 19.5 Å². The van der Waals surface area contributed by atoms with Gasteiger partial charge >= 0.3 is 0 Å². The Labute approximate surface area is 216 Å². The summed E-state index contributed by atoms with van der Waals surface area (Å²) in [5.74, 6) is 0.816. The van der Waals surface area contributed by atoms with Crippen molar-refractivity contribution in [3.63, 3.8) is 0 Å². The Morgan fingerprint density at radius 2 is 1.57 bits per heavy atom. The fraction of sp³-hybridized carbons (Fsp3) is 0.185. The minimum absolute atomic E-state index is 0.107. The molecule has 0 saturated heterocycles. The van der Waals surface area contributed by atoms with E-state index in [1.54, 1.807) is 55.7 Å². The monoisotopic (exact) mass is 524 g/mol. The van der Waals surface area contributed by atoms with Gasteiger partial charge in [-0.2, -0.15) is 0 Å². The van der Waals surface area contributed by atoms with Crippen LogP contribution in [0.15, 0.2) is 77.7 Å². The number of methoxy groups -OCH3 is 2. The minimum atomic E-state index is -3.57. The van der Waals surface area contributed by atoms with Crippen LogP contribution in [0.4, 0.5) is 5.69 Å². The number of hydrogen-bond donors (Lipinski definition) is 1. The molecule has 0 saturated carbocycles. The van der Waals surface area contributed by atoms with Crippen molar-refractivity contribution in [3.05, 3.63) is 83.9 Å². The van der Waals surface area contributed by atoms with E-state index < -0.39 is 10.0 Å². The van der Waals surface area contributed by atoms with E-state index in [1.807, 2.05) is 0 Å². The topological polar surface area (TPSA) is 111 Å². The Hall–Kier alpha value is -4.15. The van der Waals surface area contributed by atoms with E-state index in [1.165, 1.54) is 51.5 Å². The second-order valence-electron chi connectivity index (χ2n) is 7.99. The van der Waals surface area contributed by atoms with Crippen molar-refractivity contribution in [1.29, 1.82) is 0 Å². The van der Waals surface area contributed by atoms with E-state index in [2.05, 4.69) is 5.32 Å². The average molecular weight is 525 g/mol. The van der Waals surface area contributed by atoms with E-state index in [9.17, 15) is 18.0 Å². The molecule has 0 aromatic heterocycles. The van der Waals surface area contributed by atoms with Gasteiger partial charge in [-0.3, -0.25) is 9.59 Å². The zero-order valence-corrected chi connectivity index (χ0v) is 21.7. The Balaban J connectivity index is 1.61. The lowest BCUT2D eigenvalue weighted by Crippen LogP contribution is -2.22. The molecule has 37 heavy (non-hydrogen) atoms. The predicted molar refractivity (Wildman–Crippen MR) is 141 cm³/mol. The zero-order chi connectivity index (χ0) is 27.0. The fourth-order valence-electron chi connectivity index (χ4n) is 3.19. The number of ketones is 1. The van der Waals surface area contributed by atoms with E-state index in [4.69, 9.17) is 14.2 Å². The van der Waals surface area contributed by atoms with Gasteiger partial charge in [-0.05, 0) is 72.3 Å². The summed E-state index contributed by atoms with van der Waals surface area (Å²) >= 11 is 0. The largest absolute Gasteiger partial charge is 0.497 e. The lowest BCUT2D eigenvalue weighted by atomic mass is 10.1. The van der Waals surface area contributed by atoms with E-state index in [0.29, 0.717) is 34.1 Å². The Kier molecular flexibility index (Phi) is 9.05. The second-order valence-corrected chi connectivity index (χ2v) is 10.1. The van der Waals surface area contributed by atoms with Crippen LogP contribution in [0.1, 0.15) is 15.9 Å². The number of benzene rings is 3. The summed E-state index contributed by atoms with van der Waals surface area (Å²) in [5, 5.41) is 2.73. The molecule has 3 aromatic rings. The first-order chi connectivity index (χ1) is 17.6. The molecule has 0 bridgehead atoms. The van der Waals surface area contributed by atoms with Gasteiger partial charge in [0, 0.05) is 25.3 Å². The van der Waals surface area contributed by atoms with Crippen LogP contribution in [0.25, 0.3) is 6.08 Å². The van der Waals surface area contributed by atoms with Crippen molar-refractivity contribution in [1.82, 2.24) is 4.31 Å². The standard InChI is InChI=1S/C27H28N2O7S/c1-29(2)37(32,33)23-13-7-20(8-14-23)24(30)15-5-19-6-16-25(26(17-19)35-4)36-18-27(31)28-21-9-11-22(34-3)12-10-21/h5-17H,18H2,1-4H3,(H,28,31). The molecule has 1 amide bonds. The molecule has 10 heteroatoms. The Morgan fingerprint density at radius 3 is 2.16 bits per heavy atom. The van der Waals surface area contributed by atoms with Crippen LogP contribution in [0, 0.1) is 0 Å². The van der Waals surface area contributed by atoms with E-state index >= 15 is 0 Å². The number of anilines is 1. The first-order valence-corrected chi connectivity index (χ1v) is 12.6. The van der Waals surface area contributed by atoms with E-state index in [-0.39, 0.29) is 23.2 Å². The van der Waals surface area contributed by atoms with Gasteiger partial charge in [0.1, 0.15) is 5.75 Å². The smallest absolute Gasteiger partial charge is 0.262 e. The van der Waals surface area contributed by atoms with Gasteiger partial charge in [0.05, 0.1) is 19.1 Å². The number of ether oxygens (including phenoxy) is 3. The number of nitrogens with one attached hydrogen (secondary N) is 1. The predicted octanol–water partition coefficient (Wildman–Crippen LogP) is 3.87. The summed E-state index contributed by atoms with van der Waals surface area (Å²) in [7, 11) is 2.36. The number of amides is 1. The van der Waals surface area contributed by atoms with Crippen molar-refractivity contribution in [2.75, 3.05) is 40.2 Å². The maximum atomic E-state index is 12.5.